The van der Waals surface area contributed by atoms with Gasteiger partial charge in [-0.25, -0.2) is 0 Å². The van der Waals surface area contributed by atoms with E-state index in [2.05, 4.69) is 5.32 Å². The molecule has 1 aromatic carbocycles. The lowest BCUT2D eigenvalue weighted by molar-refractivity contribution is 0.161. The Labute approximate surface area is 128 Å². The summed E-state index contributed by atoms with van der Waals surface area (Å²) in [5, 5.41) is 4.38. The van der Waals surface area contributed by atoms with Crippen LogP contribution in [-0.4, -0.2) is 14.2 Å². The van der Waals surface area contributed by atoms with Crippen LogP contribution in [0.1, 0.15) is 23.1 Å². The van der Waals surface area contributed by atoms with E-state index in [1.54, 1.807) is 7.11 Å². The van der Waals surface area contributed by atoms with Gasteiger partial charge in [0.05, 0.1) is 16.1 Å². The molecule has 0 saturated carbocycles. The highest BCUT2D eigenvalue weighted by molar-refractivity contribution is 6.42. The zero-order valence-electron chi connectivity index (χ0n) is 11.5. The zero-order valence-corrected chi connectivity index (χ0v) is 13.0. The number of furan rings is 1. The Morgan fingerprint density at radius 3 is 2.65 bits per heavy atom. The van der Waals surface area contributed by atoms with Crippen molar-refractivity contribution < 1.29 is 9.15 Å². The fraction of sp³-hybridized carbons (Fsp3) is 0.333. The highest BCUT2D eigenvalue weighted by atomic mass is 35.5. The van der Waals surface area contributed by atoms with Gasteiger partial charge >= 0.3 is 0 Å². The van der Waals surface area contributed by atoms with Gasteiger partial charge in [-0.1, -0.05) is 29.3 Å². The third-order valence-electron chi connectivity index (χ3n) is 3.08. The molecule has 3 nitrogen and oxygen atoms in total. The van der Waals surface area contributed by atoms with E-state index in [1.807, 2.05) is 37.4 Å². The first kappa shape index (κ1) is 15.4. The van der Waals surface area contributed by atoms with Gasteiger partial charge in [-0.05, 0) is 43.3 Å². The average molecular weight is 314 g/mol. The molecule has 0 aliphatic carbocycles. The molecular formula is C15H17Cl2NO2. The number of rotatable bonds is 6. The maximum atomic E-state index is 6.04. The topological polar surface area (TPSA) is 34.4 Å². The molecule has 0 radical (unpaired) electrons. The van der Waals surface area contributed by atoms with Crippen LogP contribution in [0.2, 0.25) is 10.0 Å². The number of likely N-dealkylation sites (N-methyl/N-ethyl adjacent to an activating group) is 1. The molecule has 108 valence electrons. The quantitative estimate of drug-likeness (QED) is 0.866. The summed E-state index contributed by atoms with van der Waals surface area (Å²) in [5.41, 5.74) is 1.10. The molecule has 5 heteroatoms. The minimum atomic E-state index is 0.0813. The van der Waals surface area contributed by atoms with Gasteiger partial charge in [-0.15, -0.1) is 0 Å². The van der Waals surface area contributed by atoms with Crippen LogP contribution in [-0.2, 0) is 17.8 Å². The number of methoxy groups -OCH3 is 1. The minimum Gasteiger partial charge on any atom is -0.462 e. The molecule has 1 atom stereocenters. The van der Waals surface area contributed by atoms with Crippen molar-refractivity contribution in [1.29, 1.82) is 0 Å². The summed E-state index contributed by atoms with van der Waals surface area (Å²) in [4.78, 5) is 0. The van der Waals surface area contributed by atoms with Crippen molar-refractivity contribution in [2.75, 3.05) is 14.2 Å². The Balaban J connectivity index is 2.12. The van der Waals surface area contributed by atoms with Crippen molar-refractivity contribution in [3.05, 3.63) is 57.5 Å². The highest BCUT2D eigenvalue weighted by Crippen LogP contribution is 2.26. The Morgan fingerprint density at radius 1 is 1.20 bits per heavy atom. The highest BCUT2D eigenvalue weighted by Gasteiger charge is 2.15. The number of halogens is 2. The summed E-state index contributed by atoms with van der Waals surface area (Å²) in [7, 11) is 3.55. The first-order valence-electron chi connectivity index (χ1n) is 6.32. The predicted molar refractivity (Wildman–Crippen MR) is 81.4 cm³/mol. The first-order valence-corrected chi connectivity index (χ1v) is 7.08. The van der Waals surface area contributed by atoms with Crippen LogP contribution in [0.15, 0.2) is 34.7 Å². The summed E-state index contributed by atoms with van der Waals surface area (Å²) in [5.74, 6) is 1.70. The van der Waals surface area contributed by atoms with E-state index in [1.165, 1.54) is 0 Å². The molecule has 1 aromatic heterocycles. The van der Waals surface area contributed by atoms with Crippen LogP contribution in [0.5, 0.6) is 0 Å². The van der Waals surface area contributed by atoms with Crippen molar-refractivity contribution in [2.24, 2.45) is 0 Å². The monoisotopic (exact) mass is 313 g/mol. The van der Waals surface area contributed by atoms with Crippen LogP contribution in [0.25, 0.3) is 0 Å². The van der Waals surface area contributed by atoms with Gasteiger partial charge in [0.25, 0.3) is 0 Å². The lowest BCUT2D eigenvalue weighted by Crippen LogP contribution is -2.18. The molecule has 2 rings (SSSR count). The molecule has 2 aromatic rings. The third kappa shape index (κ3) is 3.76. The molecule has 0 amide bonds. The second kappa shape index (κ2) is 7.14. The van der Waals surface area contributed by atoms with Gasteiger partial charge in [0.2, 0.25) is 0 Å². The second-order valence-corrected chi connectivity index (χ2v) is 5.35. The first-order chi connectivity index (χ1) is 9.63. The van der Waals surface area contributed by atoms with Crippen LogP contribution in [0, 0.1) is 0 Å². The molecule has 1 unspecified atom stereocenters. The lowest BCUT2D eigenvalue weighted by atomic mass is 10.0. The standard InChI is InChI=1S/C15H17Cl2NO2/c1-18-14(15-6-4-11(20-15)9-19-2)8-10-3-5-12(16)13(17)7-10/h3-7,14,18H,8-9H2,1-2H3. The van der Waals surface area contributed by atoms with Crippen LogP contribution in [0.4, 0.5) is 0 Å². The Morgan fingerprint density at radius 2 is 2.00 bits per heavy atom. The maximum absolute atomic E-state index is 6.04. The van der Waals surface area contributed by atoms with Crippen molar-refractivity contribution in [1.82, 2.24) is 5.32 Å². The molecule has 0 bridgehead atoms. The molecular weight excluding hydrogens is 297 g/mol. The van der Waals surface area contributed by atoms with Crippen molar-refractivity contribution in [3.63, 3.8) is 0 Å². The molecule has 0 aliphatic rings. The van der Waals surface area contributed by atoms with Crippen LogP contribution < -0.4 is 5.32 Å². The number of hydrogen-bond donors (Lipinski definition) is 1. The van der Waals surface area contributed by atoms with E-state index in [9.17, 15) is 0 Å². The average Bonchev–Trinajstić information content (AvgIpc) is 2.89. The Hall–Kier alpha value is -1.00. The second-order valence-electron chi connectivity index (χ2n) is 4.53. The number of hydrogen-bond acceptors (Lipinski definition) is 3. The molecule has 0 saturated heterocycles. The van der Waals surface area contributed by atoms with Gasteiger partial charge in [0, 0.05) is 7.11 Å². The number of nitrogens with one attached hydrogen (secondary N) is 1. The molecule has 1 heterocycles. The maximum Gasteiger partial charge on any atom is 0.129 e. The minimum absolute atomic E-state index is 0.0813. The lowest BCUT2D eigenvalue weighted by Gasteiger charge is -2.14. The molecule has 20 heavy (non-hydrogen) atoms. The van der Waals surface area contributed by atoms with Gasteiger partial charge in [0.15, 0.2) is 0 Å². The van der Waals surface area contributed by atoms with E-state index < -0.39 is 0 Å². The van der Waals surface area contributed by atoms with Crippen molar-refractivity contribution in [2.45, 2.75) is 19.1 Å². The number of benzene rings is 1. The zero-order chi connectivity index (χ0) is 14.5. The van der Waals surface area contributed by atoms with Gasteiger partial charge in [-0.3, -0.25) is 0 Å². The summed E-state index contributed by atoms with van der Waals surface area (Å²) >= 11 is 12.0. The van der Waals surface area contributed by atoms with E-state index in [4.69, 9.17) is 32.4 Å². The van der Waals surface area contributed by atoms with Gasteiger partial charge < -0.3 is 14.5 Å². The summed E-state index contributed by atoms with van der Waals surface area (Å²) in [6.07, 6.45) is 0.771. The van der Waals surface area contributed by atoms with E-state index in [0.717, 1.165) is 23.5 Å². The Bertz CT molecular complexity index is 569. The predicted octanol–water partition coefficient (Wildman–Crippen LogP) is 4.24. The van der Waals surface area contributed by atoms with E-state index >= 15 is 0 Å². The largest absolute Gasteiger partial charge is 0.462 e. The fourth-order valence-electron chi connectivity index (χ4n) is 2.05. The summed E-state index contributed by atoms with van der Waals surface area (Å²) in [6, 6.07) is 9.64. The fourth-order valence-corrected chi connectivity index (χ4v) is 2.37. The molecule has 0 spiro atoms. The normalized spacial score (nSPS) is 12.6. The van der Waals surface area contributed by atoms with Crippen molar-refractivity contribution in [3.8, 4) is 0 Å². The summed E-state index contributed by atoms with van der Waals surface area (Å²) < 4.78 is 10.8. The van der Waals surface area contributed by atoms with E-state index in [-0.39, 0.29) is 6.04 Å². The molecule has 0 fully saturated rings. The molecule has 1 N–H and O–H groups in total. The van der Waals surface area contributed by atoms with Crippen LogP contribution in [0.3, 0.4) is 0 Å². The molecule has 0 aliphatic heterocycles. The van der Waals surface area contributed by atoms with Gasteiger partial charge in [0.1, 0.15) is 18.1 Å². The smallest absolute Gasteiger partial charge is 0.129 e. The van der Waals surface area contributed by atoms with Crippen LogP contribution >= 0.6 is 23.2 Å². The summed E-state index contributed by atoms with van der Waals surface area (Å²) in [6.45, 7) is 0.475. The van der Waals surface area contributed by atoms with Gasteiger partial charge in [-0.2, -0.15) is 0 Å². The van der Waals surface area contributed by atoms with Crippen molar-refractivity contribution >= 4 is 23.2 Å². The SMILES string of the molecule is CNC(Cc1ccc(Cl)c(Cl)c1)c1ccc(COC)o1. The number of ether oxygens (including phenoxy) is 1. The van der Waals surface area contributed by atoms with E-state index in [0.29, 0.717) is 16.7 Å². The third-order valence-corrected chi connectivity index (χ3v) is 3.82. The Kier molecular flexibility index (Phi) is 5.49.